The van der Waals surface area contributed by atoms with Crippen LogP contribution in [0.2, 0.25) is 0 Å². The van der Waals surface area contributed by atoms with E-state index in [2.05, 4.69) is 22.4 Å². The van der Waals surface area contributed by atoms with Crippen LogP contribution in [0.1, 0.15) is 25.1 Å². The lowest BCUT2D eigenvalue weighted by Gasteiger charge is -2.08. The van der Waals surface area contributed by atoms with Gasteiger partial charge in [-0.2, -0.15) is 15.0 Å². The maximum absolute atomic E-state index is 4.47. The summed E-state index contributed by atoms with van der Waals surface area (Å²) in [5.74, 6) is 0. The Kier molecular flexibility index (Phi) is 3.31. The number of hydrogen-bond acceptors (Lipinski definition) is 3. The first-order valence-corrected chi connectivity index (χ1v) is 5.50. The standard InChI is InChI=1S/C12H16N4/c1-3-11(13-2)12-9-14-16(15-12)10-7-5-4-6-8-10/h4-9,11,13H,3H2,1-2H3. The molecule has 0 spiro atoms. The fourth-order valence-electron chi connectivity index (χ4n) is 1.68. The fraction of sp³-hybridized carbons (Fsp3) is 0.333. The molecule has 0 saturated heterocycles. The summed E-state index contributed by atoms with van der Waals surface area (Å²) in [5, 5.41) is 12.0. The quantitative estimate of drug-likeness (QED) is 0.849. The Bertz CT molecular complexity index is 431. The van der Waals surface area contributed by atoms with Crippen molar-refractivity contribution in [2.45, 2.75) is 19.4 Å². The van der Waals surface area contributed by atoms with Crippen LogP contribution >= 0.6 is 0 Å². The Morgan fingerprint density at radius 1 is 1.31 bits per heavy atom. The summed E-state index contributed by atoms with van der Waals surface area (Å²) >= 11 is 0. The topological polar surface area (TPSA) is 42.7 Å². The molecule has 0 aliphatic carbocycles. The molecule has 1 aromatic heterocycles. The minimum absolute atomic E-state index is 0.275. The minimum Gasteiger partial charge on any atom is -0.312 e. The zero-order valence-corrected chi connectivity index (χ0v) is 9.59. The van der Waals surface area contributed by atoms with E-state index in [1.807, 2.05) is 43.6 Å². The van der Waals surface area contributed by atoms with E-state index in [1.54, 1.807) is 4.80 Å². The lowest BCUT2D eigenvalue weighted by Crippen LogP contribution is -2.16. The Balaban J connectivity index is 2.26. The average molecular weight is 216 g/mol. The zero-order valence-electron chi connectivity index (χ0n) is 9.59. The van der Waals surface area contributed by atoms with Gasteiger partial charge in [0.25, 0.3) is 0 Å². The van der Waals surface area contributed by atoms with Gasteiger partial charge in [-0.05, 0) is 25.6 Å². The van der Waals surface area contributed by atoms with Crippen molar-refractivity contribution in [3.8, 4) is 5.69 Å². The number of aromatic nitrogens is 3. The van der Waals surface area contributed by atoms with E-state index in [9.17, 15) is 0 Å². The van der Waals surface area contributed by atoms with Crippen molar-refractivity contribution in [1.82, 2.24) is 20.3 Å². The van der Waals surface area contributed by atoms with Crippen molar-refractivity contribution < 1.29 is 0 Å². The van der Waals surface area contributed by atoms with E-state index < -0.39 is 0 Å². The number of nitrogens with one attached hydrogen (secondary N) is 1. The van der Waals surface area contributed by atoms with Gasteiger partial charge >= 0.3 is 0 Å². The molecule has 0 bridgehead atoms. The molecule has 16 heavy (non-hydrogen) atoms. The Morgan fingerprint density at radius 2 is 2.06 bits per heavy atom. The number of para-hydroxylation sites is 1. The highest BCUT2D eigenvalue weighted by Gasteiger charge is 2.11. The molecule has 2 rings (SSSR count). The van der Waals surface area contributed by atoms with Gasteiger partial charge in [-0.3, -0.25) is 0 Å². The zero-order chi connectivity index (χ0) is 11.4. The van der Waals surface area contributed by atoms with E-state index in [1.165, 1.54) is 0 Å². The summed E-state index contributed by atoms with van der Waals surface area (Å²) in [7, 11) is 1.94. The molecule has 0 fully saturated rings. The first-order valence-electron chi connectivity index (χ1n) is 5.50. The molecule has 4 nitrogen and oxygen atoms in total. The summed E-state index contributed by atoms with van der Waals surface area (Å²) in [6, 6.07) is 10.2. The van der Waals surface area contributed by atoms with Crippen LogP contribution in [0.15, 0.2) is 36.5 Å². The van der Waals surface area contributed by atoms with Gasteiger partial charge < -0.3 is 5.32 Å². The van der Waals surface area contributed by atoms with Gasteiger partial charge in [0, 0.05) is 0 Å². The Morgan fingerprint density at radius 3 is 2.69 bits per heavy atom. The van der Waals surface area contributed by atoms with Crippen LogP contribution in [0.3, 0.4) is 0 Å². The Hall–Kier alpha value is -1.68. The molecule has 1 heterocycles. The predicted octanol–water partition coefficient (Wildman–Crippen LogP) is 1.94. The fourth-order valence-corrected chi connectivity index (χ4v) is 1.68. The van der Waals surface area contributed by atoms with Crippen molar-refractivity contribution in [2.24, 2.45) is 0 Å². The molecule has 4 heteroatoms. The number of rotatable bonds is 4. The first-order chi connectivity index (χ1) is 7.85. The van der Waals surface area contributed by atoms with Gasteiger partial charge in [0.15, 0.2) is 0 Å². The molecule has 2 aromatic rings. The van der Waals surface area contributed by atoms with Crippen LogP contribution < -0.4 is 5.32 Å². The first kappa shape index (κ1) is 10.8. The molecular weight excluding hydrogens is 200 g/mol. The van der Waals surface area contributed by atoms with E-state index in [-0.39, 0.29) is 6.04 Å². The number of benzene rings is 1. The number of nitrogens with zero attached hydrogens (tertiary/aromatic N) is 3. The third-order valence-corrected chi connectivity index (χ3v) is 2.61. The van der Waals surface area contributed by atoms with Crippen LogP contribution in [0.4, 0.5) is 0 Å². The smallest absolute Gasteiger partial charge is 0.100 e. The van der Waals surface area contributed by atoms with Crippen molar-refractivity contribution in [3.05, 3.63) is 42.2 Å². The van der Waals surface area contributed by atoms with Gasteiger partial charge in [0.05, 0.1) is 17.9 Å². The second-order valence-electron chi connectivity index (χ2n) is 3.64. The van der Waals surface area contributed by atoms with Crippen LogP contribution in [0.5, 0.6) is 0 Å². The van der Waals surface area contributed by atoms with Crippen LogP contribution in [0, 0.1) is 0 Å². The van der Waals surface area contributed by atoms with Crippen LogP contribution in [0.25, 0.3) is 5.69 Å². The molecule has 1 N–H and O–H groups in total. The second kappa shape index (κ2) is 4.90. The van der Waals surface area contributed by atoms with E-state index in [0.29, 0.717) is 0 Å². The third kappa shape index (κ3) is 2.12. The molecule has 0 aliphatic rings. The molecule has 84 valence electrons. The highest BCUT2D eigenvalue weighted by atomic mass is 15.5. The minimum atomic E-state index is 0.275. The van der Waals surface area contributed by atoms with Crippen molar-refractivity contribution in [2.75, 3.05) is 7.05 Å². The predicted molar refractivity (Wildman–Crippen MR) is 63.5 cm³/mol. The summed E-state index contributed by atoms with van der Waals surface area (Å²) in [5.41, 5.74) is 1.97. The van der Waals surface area contributed by atoms with Crippen molar-refractivity contribution in [3.63, 3.8) is 0 Å². The SMILES string of the molecule is CCC(NC)c1cnn(-c2ccccc2)n1. The normalized spacial score (nSPS) is 12.6. The highest BCUT2D eigenvalue weighted by Crippen LogP contribution is 2.13. The highest BCUT2D eigenvalue weighted by molar-refractivity contribution is 5.28. The van der Waals surface area contributed by atoms with Crippen molar-refractivity contribution in [1.29, 1.82) is 0 Å². The maximum atomic E-state index is 4.47. The molecule has 1 unspecified atom stereocenters. The lowest BCUT2D eigenvalue weighted by atomic mass is 10.2. The monoisotopic (exact) mass is 216 g/mol. The van der Waals surface area contributed by atoms with Crippen molar-refractivity contribution >= 4 is 0 Å². The van der Waals surface area contributed by atoms with Gasteiger partial charge in [-0.1, -0.05) is 25.1 Å². The van der Waals surface area contributed by atoms with Gasteiger partial charge in [0.1, 0.15) is 5.69 Å². The van der Waals surface area contributed by atoms with Crippen LogP contribution in [-0.4, -0.2) is 22.0 Å². The molecule has 0 aliphatic heterocycles. The van der Waals surface area contributed by atoms with E-state index in [4.69, 9.17) is 0 Å². The van der Waals surface area contributed by atoms with E-state index in [0.717, 1.165) is 17.8 Å². The third-order valence-electron chi connectivity index (χ3n) is 2.61. The maximum Gasteiger partial charge on any atom is 0.100 e. The largest absolute Gasteiger partial charge is 0.312 e. The van der Waals surface area contributed by atoms with Gasteiger partial charge in [-0.25, -0.2) is 0 Å². The molecular formula is C12H16N4. The molecule has 0 amide bonds. The van der Waals surface area contributed by atoms with Crippen LogP contribution in [-0.2, 0) is 0 Å². The summed E-state index contributed by atoms with van der Waals surface area (Å²) < 4.78 is 0. The molecule has 1 aromatic carbocycles. The lowest BCUT2D eigenvalue weighted by molar-refractivity contribution is 0.554. The Labute approximate surface area is 95.3 Å². The van der Waals surface area contributed by atoms with Gasteiger partial charge in [0.2, 0.25) is 0 Å². The molecule has 1 atom stereocenters. The molecule has 0 radical (unpaired) electrons. The van der Waals surface area contributed by atoms with E-state index >= 15 is 0 Å². The summed E-state index contributed by atoms with van der Waals surface area (Å²) in [4.78, 5) is 1.66. The molecule has 0 saturated carbocycles. The average Bonchev–Trinajstić information content (AvgIpc) is 2.81. The summed E-state index contributed by atoms with van der Waals surface area (Å²) in [6.07, 6.45) is 2.82. The number of hydrogen-bond donors (Lipinski definition) is 1. The second-order valence-corrected chi connectivity index (χ2v) is 3.64. The van der Waals surface area contributed by atoms with Gasteiger partial charge in [-0.15, -0.1) is 0 Å². The summed E-state index contributed by atoms with van der Waals surface area (Å²) in [6.45, 7) is 2.13.